The first kappa shape index (κ1) is 14.9. The summed E-state index contributed by atoms with van der Waals surface area (Å²) in [6.45, 7) is 4.39. The van der Waals surface area contributed by atoms with Gasteiger partial charge in [0.25, 0.3) is 11.2 Å². The van der Waals surface area contributed by atoms with Crippen LogP contribution in [0.2, 0.25) is 0 Å². The van der Waals surface area contributed by atoms with E-state index in [2.05, 4.69) is 15.3 Å². The normalized spacial score (nSPS) is 10.8. The van der Waals surface area contributed by atoms with Crippen LogP contribution in [0.25, 0.3) is 11.4 Å². The van der Waals surface area contributed by atoms with Gasteiger partial charge < -0.3 is 10.3 Å². The predicted molar refractivity (Wildman–Crippen MR) is 78.9 cm³/mol. The molecule has 2 rings (SSSR count). The number of nitrogens with one attached hydrogen (secondary N) is 2. The van der Waals surface area contributed by atoms with Crippen LogP contribution in [0.3, 0.4) is 0 Å². The van der Waals surface area contributed by atoms with E-state index in [-0.39, 0.29) is 23.1 Å². The summed E-state index contributed by atoms with van der Waals surface area (Å²) in [6, 6.07) is 7.82. The molecule has 0 unspecified atom stereocenters. The number of nitrogens with zero attached hydrogens (tertiary/aromatic N) is 2. The summed E-state index contributed by atoms with van der Waals surface area (Å²) < 4.78 is 0. The molecule has 21 heavy (non-hydrogen) atoms. The molecule has 1 aromatic carbocycles. The Hall–Kier alpha value is -2.54. The molecule has 0 bridgehead atoms. The van der Waals surface area contributed by atoms with Gasteiger partial charge in [-0.05, 0) is 6.07 Å². The minimum absolute atomic E-state index is 0.0883. The zero-order valence-corrected chi connectivity index (χ0v) is 11.8. The molecule has 0 amide bonds. The lowest BCUT2D eigenvalue weighted by atomic mass is 10.1. The molecule has 1 heterocycles. The molecule has 1 aromatic heterocycles. The number of H-pyrrole nitrogens is 1. The average molecular weight is 288 g/mol. The van der Waals surface area contributed by atoms with E-state index in [0.717, 1.165) is 0 Å². The third-order valence-electron chi connectivity index (χ3n) is 2.84. The number of nitro benzene ring substituents is 1. The summed E-state index contributed by atoms with van der Waals surface area (Å²) >= 11 is 0. The van der Waals surface area contributed by atoms with Crippen LogP contribution >= 0.6 is 0 Å². The molecule has 0 atom stereocenters. The van der Waals surface area contributed by atoms with Crippen LogP contribution in [0.5, 0.6) is 0 Å². The molecule has 0 saturated carbocycles. The summed E-state index contributed by atoms with van der Waals surface area (Å²) in [6.07, 6.45) is 0. The van der Waals surface area contributed by atoms with Crippen LogP contribution in [0, 0.1) is 10.1 Å². The maximum absolute atomic E-state index is 11.7. The van der Waals surface area contributed by atoms with Crippen molar-refractivity contribution < 1.29 is 4.92 Å². The molecule has 0 aliphatic rings. The standard InChI is InChI=1S/C14H16N4O3/c1-9(2)15-8-10-7-13(19)17-14(16-10)11-5-3-4-6-12(11)18(20)21/h3-7,9,15H,8H2,1-2H3,(H,16,17,19). The van der Waals surface area contributed by atoms with Gasteiger partial charge in [-0.25, -0.2) is 4.98 Å². The Balaban J connectivity index is 2.45. The van der Waals surface area contributed by atoms with Gasteiger partial charge in [-0.2, -0.15) is 0 Å². The van der Waals surface area contributed by atoms with Gasteiger partial charge >= 0.3 is 0 Å². The van der Waals surface area contributed by atoms with Crippen molar-refractivity contribution >= 4 is 5.69 Å². The zero-order valence-electron chi connectivity index (χ0n) is 11.8. The first-order valence-electron chi connectivity index (χ1n) is 6.55. The van der Waals surface area contributed by atoms with E-state index in [0.29, 0.717) is 17.8 Å². The van der Waals surface area contributed by atoms with Crippen molar-refractivity contribution in [1.82, 2.24) is 15.3 Å². The summed E-state index contributed by atoms with van der Waals surface area (Å²) in [5, 5.41) is 14.2. The Bertz CT molecular complexity index is 709. The molecule has 2 aromatic rings. The van der Waals surface area contributed by atoms with E-state index in [1.54, 1.807) is 18.2 Å². The number of benzene rings is 1. The van der Waals surface area contributed by atoms with Crippen LogP contribution in [-0.4, -0.2) is 20.9 Å². The zero-order chi connectivity index (χ0) is 15.4. The maximum Gasteiger partial charge on any atom is 0.280 e. The van der Waals surface area contributed by atoms with E-state index in [4.69, 9.17) is 0 Å². The summed E-state index contributed by atoms with van der Waals surface area (Å²) in [7, 11) is 0. The SMILES string of the molecule is CC(C)NCc1cc(=O)[nH]c(-c2ccccc2[N+](=O)[O-])n1. The van der Waals surface area contributed by atoms with Crippen LogP contribution in [-0.2, 0) is 6.54 Å². The number of aromatic nitrogens is 2. The number of hydrogen-bond donors (Lipinski definition) is 2. The molecule has 7 nitrogen and oxygen atoms in total. The molecule has 0 fully saturated rings. The lowest BCUT2D eigenvalue weighted by Crippen LogP contribution is -2.24. The van der Waals surface area contributed by atoms with Crippen LogP contribution in [0.1, 0.15) is 19.5 Å². The minimum atomic E-state index is -0.492. The van der Waals surface area contributed by atoms with Gasteiger partial charge in [-0.1, -0.05) is 26.0 Å². The Kier molecular flexibility index (Phi) is 4.44. The highest BCUT2D eigenvalue weighted by Gasteiger charge is 2.16. The first-order chi connectivity index (χ1) is 9.97. The average Bonchev–Trinajstić information content (AvgIpc) is 2.44. The highest BCUT2D eigenvalue weighted by atomic mass is 16.6. The summed E-state index contributed by atoms with van der Waals surface area (Å²) in [4.78, 5) is 29.1. The van der Waals surface area contributed by atoms with Gasteiger partial charge in [-0.3, -0.25) is 14.9 Å². The molecular formula is C14H16N4O3. The number of aromatic amines is 1. The molecule has 0 spiro atoms. The molecule has 0 saturated heterocycles. The third kappa shape index (κ3) is 3.73. The highest BCUT2D eigenvalue weighted by molar-refractivity contribution is 5.67. The quantitative estimate of drug-likeness (QED) is 0.645. The van der Waals surface area contributed by atoms with Gasteiger partial charge in [0, 0.05) is 24.7 Å². The molecule has 2 N–H and O–H groups in total. The fourth-order valence-corrected chi connectivity index (χ4v) is 1.87. The Morgan fingerprint density at radius 1 is 1.38 bits per heavy atom. The second-order valence-corrected chi connectivity index (χ2v) is 4.90. The van der Waals surface area contributed by atoms with Crippen molar-refractivity contribution in [2.75, 3.05) is 0 Å². The van der Waals surface area contributed by atoms with Crippen molar-refractivity contribution in [2.45, 2.75) is 26.4 Å². The molecule has 0 aliphatic heterocycles. The van der Waals surface area contributed by atoms with Gasteiger partial charge in [0.2, 0.25) is 0 Å². The van der Waals surface area contributed by atoms with Gasteiger partial charge in [-0.15, -0.1) is 0 Å². The summed E-state index contributed by atoms with van der Waals surface area (Å²) in [5.41, 5.74) is 0.417. The summed E-state index contributed by atoms with van der Waals surface area (Å²) in [5.74, 6) is 0.204. The molecule has 7 heteroatoms. The van der Waals surface area contributed by atoms with Gasteiger partial charge in [0.1, 0.15) is 5.82 Å². The Labute approximate surface area is 121 Å². The van der Waals surface area contributed by atoms with Crippen molar-refractivity contribution in [2.24, 2.45) is 0 Å². The second kappa shape index (κ2) is 6.27. The van der Waals surface area contributed by atoms with Crippen LogP contribution in [0.4, 0.5) is 5.69 Å². The highest BCUT2D eigenvalue weighted by Crippen LogP contribution is 2.25. The van der Waals surface area contributed by atoms with Crippen molar-refractivity contribution in [3.05, 3.63) is 56.5 Å². The number of hydrogen-bond acceptors (Lipinski definition) is 5. The third-order valence-corrected chi connectivity index (χ3v) is 2.84. The molecule has 0 radical (unpaired) electrons. The van der Waals surface area contributed by atoms with E-state index < -0.39 is 4.92 Å². The maximum atomic E-state index is 11.7. The smallest absolute Gasteiger partial charge is 0.280 e. The van der Waals surface area contributed by atoms with Crippen molar-refractivity contribution in [3.63, 3.8) is 0 Å². The van der Waals surface area contributed by atoms with E-state index in [1.807, 2.05) is 13.8 Å². The topological polar surface area (TPSA) is 101 Å². The number of nitro groups is 1. The van der Waals surface area contributed by atoms with E-state index in [1.165, 1.54) is 12.1 Å². The monoisotopic (exact) mass is 288 g/mol. The fraction of sp³-hybridized carbons (Fsp3) is 0.286. The van der Waals surface area contributed by atoms with E-state index in [9.17, 15) is 14.9 Å². The molecule has 110 valence electrons. The number of para-hydroxylation sites is 1. The Morgan fingerprint density at radius 3 is 2.76 bits per heavy atom. The second-order valence-electron chi connectivity index (χ2n) is 4.90. The lowest BCUT2D eigenvalue weighted by molar-refractivity contribution is -0.384. The van der Waals surface area contributed by atoms with Gasteiger partial charge in [0.05, 0.1) is 16.2 Å². The first-order valence-corrected chi connectivity index (χ1v) is 6.55. The molecule has 0 aliphatic carbocycles. The predicted octanol–water partition coefficient (Wildman–Crippen LogP) is 1.84. The van der Waals surface area contributed by atoms with Crippen LogP contribution in [0.15, 0.2) is 35.1 Å². The van der Waals surface area contributed by atoms with Crippen molar-refractivity contribution in [1.29, 1.82) is 0 Å². The minimum Gasteiger partial charge on any atom is -0.309 e. The molecular weight excluding hydrogens is 272 g/mol. The number of rotatable bonds is 5. The lowest BCUT2D eigenvalue weighted by Gasteiger charge is -2.08. The fourth-order valence-electron chi connectivity index (χ4n) is 1.87. The Morgan fingerprint density at radius 2 is 2.10 bits per heavy atom. The van der Waals surface area contributed by atoms with Crippen molar-refractivity contribution in [3.8, 4) is 11.4 Å². The largest absolute Gasteiger partial charge is 0.309 e. The van der Waals surface area contributed by atoms with E-state index >= 15 is 0 Å². The van der Waals surface area contributed by atoms with Gasteiger partial charge in [0.15, 0.2) is 0 Å². The van der Waals surface area contributed by atoms with Crippen LogP contribution < -0.4 is 10.9 Å².